The molecule has 0 amide bonds. The van der Waals surface area contributed by atoms with Gasteiger partial charge in [0, 0.05) is 13.2 Å². The van der Waals surface area contributed by atoms with E-state index in [9.17, 15) is 0 Å². The lowest BCUT2D eigenvalue weighted by Crippen LogP contribution is -2.23. The molecule has 0 rings (SSSR count). The van der Waals surface area contributed by atoms with Crippen LogP contribution >= 0.6 is 0 Å². The van der Waals surface area contributed by atoms with Gasteiger partial charge in [-0.1, -0.05) is 27.7 Å². The van der Waals surface area contributed by atoms with Gasteiger partial charge in [0.2, 0.25) is 0 Å². The molecule has 73 valence electrons. The fourth-order valence-corrected chi connectivity index (χ4v) is 1.83. The van der Waals surface area contributed by atoms with Crippen LogP contribution in [0.2, 0.25) is 6.55 Å². The molecule has 0 unspecified atom stereocenters. The molecule has 12 heavy (non-hydrogen) atoms. The zero-order valence-corrected chi connectivity index (χ0v) is 9.89. The molecule has 0 spiro atoms. The number of hydrogen-bond acceptors (Lipinski definition) is 2. The van der Waals surface area contributed by atoms with E-state index >= 15 is 0 Å². The molecule has 0 aromatic heterocycles. The zero-order valence-electron chi connectivity index (χ0n) is 8.89. The van der Waals surface area contributed by atoms with E-state index in [2.05, 4.69) is 34.2 Å². The summed E-state index contributed by atoms with van der Waals surface area (Å²) in [5.74, 6) is 1.21. The molecule has 0 aromatic rings. The molecule has 2 nitrogen and oxygen atoms in total. The van der Waals surface area contributed by atoms with E-state index in [-0.39, 0.29) is 0 Å². The molecule has 0 atom stereocenters. The highest BCUT2D eigenvalue weighted by molar-refractivity contribution is 6.42. The summed E-state index contributed by atoms with van der Waals surface area (Å²) in [6.07, 6.45) is 0. The van der Waals surface area contributed by atoms with Gasteiger partial charge in [-0.3, -0.25) is 0 Å². The van der Waals surface area contributed by atoms with Crippen molar-refractivity contribution in [3.05, 3.63) is 0 Å². The highest BCUT2D eigenvalue weighted by atomic mass is 28.3. The van der Waals surface area contributed by atoms with Crippen molar-refractivity contribution in [2.24, 2.45) is 11.8 Å². The van der Waals surface area contributed by atoms with Crippen LogP contribution in [0.3, 0.4) is 0 Å². The average molecular weight is 189 g/mol. The van der Waals surface area contributed by atoms with E-state index in [0.29, 0.717) is 11.8 Å². The molecule has 3 heteroatoms. The molecule has 0 aliphatic heterocycles. The monoisotopic (exact) mass is 189 g/mol. The van der Waals surface area contributed by atoms with Crippen LogP contribution in [0.4, 0.5) is 0 Å². The Labute approximate surface area is 78.1 Å². The third-order valence-electron chi connectivity index (χ3n) is 1.24. The molecule has 0 aliphatic rings. The highest BCUT2D eigenvalue weighted by Gasteiger charge is 2.09. The smallest absolute Gasteiger partial charge is 0.381 e. The summed E-state index contributed by atoms with van der Waals surface area (Å²) in [5.41, 5.74) is 0. The van der Waals surface area contributed by atoms with E-state index in [1.54, 1.807) is 0 Å². The van der Waals surface area contributed by atoms with Gasteiger partial charge in [-0.25, -0.2) is 0 Å². The third kappa shape index (κ3) is 8.24. The largest absolute Gasteiger partial charge is 0.393 e. The molecule has 0 N–H and O–H groups in total. The van der Waals surface area contributed by atoms with Crippen LogP contribution in [0, 0.1) is 11.8 Å². The Morgan fingerprint density at radius 3 is 1.50 bits per heavy atom. The second kappa shape index (κ2) is 6.63. The molecule has 1 radical (unpaired) electrons. The van der Waals surface area contributed by atoms with Gasteiger partial charge in [-0.2, -0.15) is 0 Å². The summed E-state index contributed by atoms with van der Waals surface area (Å²) >= 11 is 0. The van der Waals surface area contributed by atoms with E-state index in [0.717, 1.165) is 13.2 Å². The lowest BCUT2D eigenvalue weighted by atomic mass is 10.2. The molecular weight excluding hydrogens is 168 g/mol. The predicted octanol–water partition coefficient (Wildman–Crippen LogP) is 2.45. The standard InChI is InChI=1S/C9H21O2Si/c1-8(2)6-10-12(5)11-7-9(3)4/h8-9H,6-7H2,1-5H3. The van der Waals surface area contributed by atoms with Crippen LogP contribution in [0.25, 0.3) is 0 Å². The summed E-state index contributed by atoms with van der Waals surface area (Å²) in [4.78, 5) is 0. The van der Waals surface area contributed by atoms with Crippen molar-refractivity contribution in [3.63, 3.8) is 0 Å². The van der Waals surface area contributed by atoms with E-state index in [1.807, 2.05) is 0 Å². The minimum Gasteiger partial charge on any atom is -0.393 e. The molecule has 0 bridgehead atoms. The Kier molecular flexibility index (Phi) is 6.71. The maximum Gasteiger partial charge on any atom is 0.381 e. The van der Waals surface area contributed by atoms with Gasteiger partial charge in [-0.15, -0.1) is 0 Å². The Hall–Kier alpha value is 0.137. The van der Waals surface area contributed by atoms with Crippen LogP contribution in [0.1, 0.15) is 27.7 Å². The van der Waals surface area contributed by atoms with Crippen molar-refractivity contribution in [3.8, 4) is 0 Å². The van der Waals surface area contributed by atoms with Crippen LogP contribution in [0.15, 0.2) is 0 Å². The molecule has 0 saturated heterocycles. The van der Waals surface area contributed by atoms with Gasteiger partial charge >= 0.3 is 9.28 Å². The summed E-state index contributed by atoms with van der Waals surface area (Å²) in [5, 5.41) is 0. The van der Waals surface area contributed by atoms with Crippen LogP contribution in [-0.2, 0) is 8.85 Å². The zero-order chi connectivity index (χ0) is 9.56. The number of rotatable bonds is 6. The lowest BCUT2D eigenvalue weighted by molar-refractivity contribution is 0.168. The molecule has 0 aliphatic carbocycles. The molecule has 0 fully saturated rings. The van der Waals surface area contributed by atoms with Gasteiger partial charge in [0.05, 0.1) is 0 Å². The normalized spacial score (nSPS) is 12.0. The van der Waals surface area contributed by atoms with Gasteiger partial charge in [0.1, 0.15) is 0 Å². The number of hydrogen-bond donors (Lipinski definition) is 0. The summed E-state index contributed by atoms with van der Waals surface area (Å²) in [7, 11) is -0.980. The van der Waals surface area contributed by atoms with Crippen molar-refractivity contribution in [1.82, 2.24) is 0 Å². The Morgan fingerprint density at radius 1 is 0.917 bits per heavy atom. The first kappa shape index (κ1) is 12.1. The van der Waals surface area contributed by atoms with Gasteiger partial charge in [-0.05, 0) is 18.4 Å². The molecule has 0 aromatic carbocycles. The minimum absolute atomic E-state index is 0.604. The Bertz CT molecular complexity index is 92.7. The van der Waals surface area contributed by atoms with Crippen molar-refractivity contribution >= 4 is 9.28 Å². The van der Waals surface area contributed by atoms with E-state index in [1.165, 1.54) is 0 Å². The van der Waals surface area contributed by atoms with Crippen molar-refractivity contribution in [2.75, 3.05) is 13.2 Å². The summed E-state index contributed by atoms with van der Waals surface area (Å²) < 4.78 is 11.1. The lowest BCUT2D eigenvalue weighted by Gasteiger charge is -2.14. The van der Waals surface area contributed by atoms with Crippen LogP contribution in [0.5, 0.6) is 0 Å². The first-order chi connectivity index (χ1) is 5.52. The first-order valence-electron chi connectivity index (χ1n) is 4.61. The maximum absolute atomic E-state index is 5.53. The van der Waals surface area contributed by atoms with Crippen LogP contribution in [-0.4, -0.2) is 22.5 Å². The summed E-state index contributed by atoms with van der Waals surface area (Å²) in [6.45, 7) is 12.3. The highest BCUT2D eigenvalue weighted by Crippen LogP contribution is 1.99. The van der Waals surface area contributed by atoms with Gasteiger partial charge in [0.25, 0.3) is 0 Å². The topological polar surface area (TPSA) is 18.5 Å². The minimum atomic E-state index is -0.980. The fraction of sp³-hybridized carbons (Fsp3) is 1.00. The second-order valence-electron chi connectivity index (χ2n) is 3.90. The molecule has 0 saturated carbocycles. The first-order valence-corrected chi connectivity index (χ1v) is 6.43. The third-order valence-corrected chi connectivity index (χ3v) is 2.39. The van der Waals surface area contributed by atoms with Gasteiger partial charge in [0.15, 0.2) is 0 Å². The quantitative estimate of drug-likeness (QED) is 0.598. The summed E-state index contributed by atoms with van der Waals surface area (Å²) in [6, 6.07) is 0. The van der Waals surface area contributed by atoms with Crippen molar-refractivity contribution in [1.29, 1.82) is 0 Å². The van der Waals surface area contributed by atoms with Crippen molar-refractivity contribution < 1.29 is 8.85 Å². The Balaban J connectivity index is 3.27. The van der Waals surface area contributed by atoms with E-state index in [4.69, 9.17) is 8.85 Å². The van der Waals surface area contributed by atoms with Crippen LogP contribution < -0.4 is 0 Å². The average Bonchev–Trinajstić information content (AvgIpc) is 1.96. The predicted molar refractivity (Wildman–Crippen MR) is 53.2 cm³/mol. The SMILES string of the molecule is CC(C)CO[Si](C)OCC(C)C. The van der Waals surface area contributed by atoms with Crippen molar-refractivity contribution in [2.45, 2.75) is 34.2 Å². The Morgan fingerprint density at radius 2 is 1.25 bits per heavy atom. The molecular formula is C9H21O2Si. The molecule has 0 heterocycles. The van der Waals surface area contributed by atoms with Gasteiger partial charge < -0.3 is 8.85 Å². The fourth-order valence-electron chi connectivity index (χ4n) is 0.610. The maximum atomic E-state index is 5.53. The second-order valence-corrected chi connectivity index (χ2v) is 5.46. The van der Waals surface area contributed by atoms with E-state index < -0.39 is 9.28 Å².